The van der Waals surface area contributed by atoms with Crippen molar-refractivity contribution < 1.29 is 0 Å². The zero-order valence-corrected chi connectivity index (χ0v) is 13.5. The topological polar surface area (TPSA) is 0 Å². The van der Waals surface area contributed by atoms with Crippen molar-refractivity contribution in [3.63, 3.8) is 0 Å². The lowest BCUT2D eigenvalue weighted by atomic mass is 9.95. The molecule has 0 bridgehead atoms. The van der Waals surface area contributed by atoms with Gasteiger partial charge in [-0.15, -0.1) is 4.05 Å². The molecule has 0 aliphatic heterocycles. The number of hydrogen-bond acceptors (Lipinski definition) is 0. The number of halogens is 1. The van der Waals surface area contributed by atoms with E-state index >= 15 is 0 Å². The van der Waals surface area contributed by atoms with Crippen molar-refractivity contribution in [2.75, 3.05) is 0 Å². The smallest absolute Gasteiger partial charge is 0.306 e. The van der Waals surface area contributed by atoms with Crippen LogP contribution < -0.4 is 0 Å². The molecule has 2 unspecified atom stereocenters. The van der Waals surface area contributed by atoms with Crippen molar-refractivity contribution in [2.24, 2.45) is 11.8 Å². The molecule has 0 heterocycles. The standard InChI is InChI=1S/C13H25.BrH.Mg/c1-3-5-7-12-9-10-13(11-12)8-6-4-2;;/h11-13H,3-10H2,1-2H3;1H;/q;;+1/p-1. The first-order valence-corrected chi connectivity index (χ1v) is 11.6. The van der Waals surface area contributed by atoms with E-state index in [0.717, 1.165) is 15.9 Å². The molecular formula is C13H25BrMg. The molecule has 1 fully saturated rings. The van der Waals surface area contributed by atoms with Gasteiger partial charge in [-0.05, 0) is 0 Å². The summed E-state index contributed by atoms with van der Waals surface area (Å²) in [5.41, 5.74) is 0. The summed E-state index contributed by atoms with van der Waals surface area (Å²) in [6, 6.07) is 0. The molecule has 0 saturated heterocycles. The Morgan fingerprint density at radius 3 is 1.80 bits per heavy atom. The van der Waals surface area contributed by atoms with Gasteiger partial charge < -0.3 is 12.9 Å². The van der Waals surface area contributed by atoms with Crippen LogP contribution in [0.1, 0.15) is 65.2 Å². The van der Waals surface area contributed by atoms with Crippen molar-refractivity contribution in [2.45, 2.75) is 69.3 Å². The molecule has 1 aliphatic rings. The van der Waals surface area contributed by atoms with E-state index in [4.69, 9.17) is 0 Å². The second-order valence-corrected chi connectivity index (χ2v) is 8.39. The fourth-order valence-electron chi connectivity index (χ4n) is 3.14. The lowest BCUT2D eigenvalue weighted by Crippen LogP contribution is -2.12. The first kappa shape index (κ1) is 14.3. The molecular weight excluding hydrogens is 260 g/mol. The molecule has 0 radical (unpaired) electrons. The van der Waals surface area contributed by atoms with Crippen molar-refractivity contribution >= 4 is 31.1 Å². The van der Waals surface area contributed by atoms with E-state index < -0.39 is 0 Å². The number of hydrogen-bond donors (Lipinski definition) is 0. The second kappa shape index (κ2) is 8.35. The first-order valence-electron chi connectivity index (χ1n) is 6.89. The van der Waals surface area contributed by atoms with Gasteiger partial charge in [0.15, 0.2) is 0 Å². The fourth-order valence-corrected chi connectivity index (χ4v) is 7.76. The van der Waals surface area contributed by atoms with Crippen LogP contribution in [0.5, 0.6) is 0 Å². The van der Waals surface area contributed by atoms with Gasteiger partial charge in [0.05, 0.1) is 0 Å². The Labute approximate surface area is 112 Å². The van der Waals surface area contributed by atoms with Gasteiger partial charge in [0, 0.05) is 0 Å². The molecule has 0 N–H and O–H groups in total. The van der Waals surface area contributed by atoms with Crippen LogP contribution in [-0.2, 0) is 0 Å². The van der Waals surface area contributed by atoms with Crippen LogP contribution >= 0.6 is 12.9 Å². The van der Waals surface area contributed by atoms with Crippen molar-refractivity contribution in [1.29, 1.82) is 0 Å². The summed E-state index contributed by atoms with van der Waals surface area (Å²) in [4.78, 5) is 0. The highest BCUT2D eigenvalue weighted by molar-refractivity contribution is 9.23. The highest BCUT2D eigenvalue weighted by atomic mass is 79.9. The third kappa shape index (κ3) is 4.55. The Bertz CT molecular complexity index is 145. The van der Waals surface area contributed by atoms with Crippen LogP contribution in [-0.4, -0.2) is 18.2 Å². The minimum Gasteiger partial charge on any atom is -0.306 e. The Morgan fingerprint density at radius 1 is 1.00 bits per heavy atom. The number of unbranched alkanes of at least 4 members (excludes halogenated alkanes) is 2. The minimum absolute atomic E-state index is 0.0521. The first-order chi connectivity index (χ1) is 7.33. The van der Waals surface area contributed by atoms with E-state index in [2.05, 4.69) is 26.7 Å². The SMILES string of the molecule is CCCCC1CCC(CCCC)[CH]1[Mg][Br]. The van der Waals surface area contributed by atoms with Crippen LogP contribution in [0.2, 0.25) is 4.05 Å². The summed E-state index contributed by atoms with van der Waals surface area (Å²) in [5, 5.41) is 0. The van der Waals surface area contributed by atoms with Crippen LogP contribution in [0.4, 0.5) is 0 Å². The monoisotopic (exact) mass is 284 g/mol. The van der Waals surface area contributed by atoms with E-state index in [0.29, 0.717) is 0 Å². The van der Waals surface area contributed by atoms with Gasteiger partial charge >= 0.3 is 18.2 Å². The van der Waals surface area contributed by atoms with Gasteiger partial charge in [0.2, 0.25) is 0 Å². The molecule has 15 heavy (non-hydrogen) atoms. The van der Waals surface area contributed by atoms with Crippen molar-refractivity contribution in [3.05, 3.63) is 0 Å². The van der Waals surface area contributed by atoms with Gasteiger partial charge in [0.1, 0.15) is 0 Å². The summed E-state index contributed by atoms with van der Waals surface area (Å²) in [7, 11) is 0. The van der Waals surface area contributed by atoms with Gasteiger partial charge in [-0.2, -0.15) is 0 Å². The molecule has 2 atom stereocenters. The van der Waals surface area contributed by atoms with Crippen LogP contribution in [0.15, 0.2) is 0 Å². The maximum absolute atomic E-state index is 3.88. The lowest BCUT2D eigenvalue weighted by molar-refractivity contribution is 0.426. The van der Waals surface area contributed by atoms with E-state index in [-0.39, 0.29) is 18.2 Å². The molecule has 1 saturated carbocycles. The average molecular weight is 286 g/mol. The molecule has 1 rings (SSSR count). The van der Waals surface area contributed by atoms with Gasteiger partial charge in [0.25, 0.3) is 0 Å². The summed E-state index contributed by atoms with van der Waals surface area (Å²) in [6.45, 7) is 4.65. The summed E-state index contributed by atoms with van der Waals surface area (Å²) in [5.74, 6) is 2.19. The van der Waals surface area contributed by atoms with Crippen LogP contribution in [0, 0.1) is 11.8 Å². The Kier molecular flexibility index (Phi) is 7.97. The normalized spacial score (nSPS) is 30.5. The van der Waals surface area contributed by atoms with Gasteiger partial charge in [-0.3, -0.25) is 0 Å². The predicted molar refractivity (Wildman–Crippen MR) is 73.7 cm³/mol. The van der Waals surface area contributed by atoms with E-state index in [9.17, 15) is 0 Å². The Balaban J connectivity index is 2.35. The fraction of sp³-hybridized carbons (Fsp3) is 1.00. The third-order valence-electron chi connectivity index (χ3n) is 4.15. The minimum atomic E-state index is 0.0521. The third-order valence-corrected chi connectivity index (χ3v) is 8.09. The van der Waals surface area contributed by atoms with Crippen LogP contribution in [0.3, 0.4) is 0 Å². The number of rotatable bonds is 7. The largest absolute Gasteiger partial charge is 0.472 e. The Hall–Kier alpha value is 1.25. The molecule has 0 spiro atoms. The van der Waals surface area contributed by atoms with E-state index in [1.54, 1.807) is 0 Å². The molecule has 86 valence electrons. The highest BCUT2D eigenvalue weighted by Gasteiger charge is 2.34. The molecule has 0 aromatic rings. The van der Waals surface area contributed by atoms with E-state index in [1.807, 2.05) is 0 Å². The van der Waals surface area contributed by atoms with Gasteiger partial charge in [-0.1, -0.05) is 77.0 Å². The maximum atomic E-state index is 3.88. The van der Waals surface area contributed by atoms with Gasteiger partial charge in [-0.25, -0.2) is 0 Å². The van der Waals surface area contributed by atoms with Crippen molar-refractivity contribution in [3.8, 4) is 0 Å². The zero-order valence-electron chi connectivity index (χ0n) is 10.5. The lowest BCUT2D eigenvalue weighted by Gasteiger charge is -2.23. The zero-order chi connectivity index (χ0) is 11.1. The highest BCUT2D eigenvalue weighted by Crippen LogP contribution is 2.46. The Morgan fingerprint density at radius 2 is 1.47 bits per heavy atom. The van der Waals surface area contributed by atoms with E-state index in [1.165, 1.54) is 51.4 Å². The molecule has 0 nitrogen and oxygen atoms in total. The van der Waals surface area contributed by atoms with Crippen molar-refractivity contribution in [1.82, 2.24) is 0 Å². The molecule has 2 heteroatoms. The second-order valence-electron chi connectivity index (χ2n) is 5.20. The predicted octanol–water partition coefficient (Wildman–Crippen LogP) is 5.20. The quantitative estimate of drug-likeness (QED) is 0.564. The maximum Gasteiger partial charge on any atom is 0.472 e. The van der Waals surface area contributed by atoms with Crippen LogP contribution in [0.25, 0.3) is 0 Å². The molecule has 1 aliphatic carbocycles. The molecule has 0 amide bonds. The summed E-state index contributed by atoms with van der Waals surface area (Å²) in [6.07, 6.45) is 11.8. The average Bonchev–Trinajstić information content (AvgIpc) is 2.65. The summed E-state index contributed by atoms with van der Waals surface area (Å²) < 4.78 is 1.13. The summed E-state index contributed by atoms with van der Waals surface area (Å²) >= 11 is 3.93. The molecule has 0 aromatic heterocycles. The molecule has 0 aromatic carbocycles.